The van der Waals surface area contributed by atoms with Crippen molar-refractivity contribution in [3.05, 3.63) is 23.9 Å². The second kappa shape index (κ2) is 11.0. The number of nitrogens with one attached hydrogen (secondary N) is 1. The molecule has 3 saturated heterocycles. The van der Waals surface area contributed by atoms with Crippen LogP contribution in [-0.2, 0) is 9.59 Å². The number of pyridine rings is 1. The van der Waals surface area contributed by atoms with Crippen molar-refractivity contribution in [3.8, 4) is 0 Å². The van der Waals surface area contributed by atoms with E-state index in [9.17, 15) is 14.4 Å². The van der Waals surface area contributed by atoms with Crippen LogP contribution in [0.5, 0.6) is 0 Å². The molecule has 5 atom stereocenters. The largest absolute Gasteiger partial charge is 0.384 e. The molecule has 192 valence electrons. The smallest absolute Gasteiger partial charge is 0.255 e. The number of rotatable bonds is 2. The molecule has 0 aliphatic carbocycles. The molecule has 0 radical (unpaired) electrons. The van der Waals surface area contributed by atoms with Crippen LogP contribution in [0, 0.1) is 23.7 Å². The van der Waals surface area contributed by atoms with E-state index in [0.29, 0.717) is 49.8 Å². The van der Waals surface area contributed by atoms with Gasteiger partial charge in [-0.15, -0.1) is 0 Å². The summed E-state index contributed by atoms with van der Waals surface area (Å²) in [4.78, 5) is 47.5. The van der Waals surface area contributed by atoms with Crippen molar-refractivity contribution < 1.29 is 14.4 Å². The Balaban J connectivity index is 1.50. The van der Waals surface area contributed by atoms with Gasteiger partial charge in [-0.3, -0.25) is 14.4 Å². The molecule has 3 amide bonds. The van der Waals surface area contributed by atoms with Gasteiger partial charge in [0, 0.05) is 50.8 Å². The molecule has 4 rings (SSSR count). The Morgan fingerprint density at radius 3 is 2.66 bits per heavy atom. The van der Waals surface area contributed by atoms with E-state index in [1.807, 2.05) is 4.90 Å². The van der Waals surface area contributed by atoms with Gasteiger partial charge in [0.2, 0.25) is 11.8 Å². The van der Waals surface area contributed by atoms with Crippen LogP contribution in [0.3, 0.4) is 0 Å². The summed E-state index contributed by atoms with van der Waals surface area (Å²) >= 11 is 0. The van der Waals surface area contributed by atoms with Crippen LogP contribution in [0.2, 0.25) is 0 Å². The first-order valence-electron chi connectivity index (χ1n) is 13.3. The number of nitrogens with zero attached hydrogens (tertiary/aromatic N) is 3. The van der Waals surface area contributed by atoms with Gasteiger partial charge < -0.3 is 20.9 Å². The maximum Gasteiger partial charge on any atom is 0.255 e. The summed E-state index contributed by atoms with van der Waals surface area (Å²) in [5.74, 6) is 1.87. The number of hydrogen-bond acceptors (Lipinski definition) is 5. The molecule has 35 heavy (non-hydrogen) atoms. The number of hydrogen-bond donors (Lipinski definition) is 2. The van der Waals surface area contributed by atoms with Crippen LogP contribution in [0.1, 0.15) is 76.1 Å². The first-order valence-corrected chi connectivity index (χ1v) is 13.3. The molecule has 8 heteroatoms. The Kier molecular flexibility index (Phi) is 7.97. The SMILES string of the molecule is CC(C)[C@@H]1CC[C@@H](C)CC(=O)N2C[C@H]3C[C@@H](CN(C(=O)c4ccc(N)nc4)C3)[C@@H]2CCCC(=O)N1. The number of anilines is 1. The summed E-state index contributed by atoms with van der Waals surface area (Å²) in [5, 5.41) is 3.24. The lowest BCUT2D eigenvalue weighted by atomic mass is 9.77. The molecule has 0 aromatic carbocycles. The third-order valence-electron chi connectivity index (χ3n) is 8.16. The first-order chi connectivity index (χ1) is 16.7. The number of amides is 3. The van der Waals surface area contributed by atoms with Crippen LogP contribution in [0.4, 0.5) is 5.82 Å². The van der Waals surface area contributed by atoms with Gasteiger partial charge in [-0.1, -0.05) is 20.8 Å². The van der Waals surface area contributed by atoms with Gasteiger partial charge in [-0.25, -0.2) is 4.98 Å². The average molecular weight is 484 g/mol. The van der Waals surface area contributed by atoms with E-state index in [1.165, 1.54) is 0 Å². The van der Waals surface area contributed by atoms with Gasteiger partial charge in [0.05, 0.1) is 5.56 Å². The highest BCUT2D eigenvalue weighted by atomic mass is 16.2. The third kappa shape index (κ3) is 6.14. The fraction of sp³-hybridized carbons (Fsp3) is 0.704. The van der Waals surface area contributed by atoms with Crippen molar-refractivity contribution in [2.75, 3.05) is 25.4 Å². The molecular formula is C27H41N5O3. The molecule has 2 bridgehead atoms. The summed E-state index contributed by atoms with van der Waals surface area (Å²) < 4.78 is 0. The van der Waals surface area contributed by atoms with E-state index in [1.54, 1.807) is 18.3 Å². The lowest BCUT2D eigenvalue weighted by Crippen LogP contribution is -2.60. The van der Waals surface area contributed by atoms with Crippen molar-refractivity contribution in [1.82, 2.24) is 20.1 Å². The van der Waals surface area contributed by atoms with Gasteiger partial charge in [0.1, 0.15) is 5.82 Å². The Bertz CT molecular complexity index is 918. The monoisotopic (exact) mass is 483 g/mol. The molecular weight excluding hydrogens is 442 g/mol. The normalized spacial score (nSPS) is 30.6. The maximum absolute atomic E-state index is 13.5. The van der Waals surface area contributed by atoms with Crippen molar-refractivity contribution in [1.29, 1.82) is 0 Å². The van der Waals surface area contributed by atoms with Gasteiger partial charge in [0.25, 0.3) is 5.91 Å². The summed E-state index contributed by atoms with van der Waals surface area (Å²) in [6.45, 7) is 8.42. The van der Waals surface area contributed by atoms with E-state index >= 15 is 0 Å². The van der Waals surface area contributed by atoms with Crippen molar-refractivity contribution in [2.24, 2.45) is 23.7 Å². The minimum Gasteiger partial charge on any atom is -0.384 e. The van der Waals surface area contributed by atoms with Gasteiger partial charge >= 0.3 is 0 Å². The lowest BCUT2D eigenvalue weighted by Gasteiger charge is -2.51. The van der Waals surface area contributed by atoms with E-state index in [-0.39, 0.29) is 47.6 Å². The molecule has 1 aromatic rings. The number of aromatic nitrogens is 1. The molecule has 3 N–H and O–H groups in total. The third-order valence-corrected chi connectivity index (χ3v) is 8.16. The molecule has 0 saturated carbocycles. The Hall–Kier alpha value is -2.64. The molecule has 3 aliphatic rings. The minimum atomic E-state index is -0.0238. The summed E-state index contributed by atoms with van der Waals surface area (Å²) in [6, 6.07) is 3.61. The molecule has 4 heterocycles. The predicted octanol–water partition coefficient (Wildman–Crippen LogP) is 3.08. The second-order valence-corrected chi connectivity index (χ2v) is 11.4. The highest BCUT2D eigenvalue weighted by molar-refractivity contribution is 5.94. The van der Waals surface area contributed by atoms with Gasteiger partial charge in [-0.05, 0) is 67.9 Å². The summed E-state index contributed by atoms with van der Waals surface area (Å²) in [7, 11) is 0. The van der Waals surface area contributed by atoms with E-state index in [2.05, 4.69) is 36.0 Å². The second-order valence-electron chi connectivity index (χ2n) is 11.4. The van der Waals surface area contributed by atoms with Crippen molar-refractivity contribution >= 4 is 23.5 Å². The minimum absolute atomic E-state index is 0.0238. The lowest BCUT2D eigenvalue weighted by molar-refractivity contribution is -0.141. The van der Waals surface area contributed by atoms with Crippen LogP contribution in [0.15, 0.2) is 18.3 Å². The predicted molar refractivity (Wildman–Crippen MR) is 135 cm³/mol. The number of carbonyl (C=O) groups excluding carboxylic acids is 3. The molecule has 0 spiro atoms. The average Bonchev–Trinajstić information content (AvgIpc) is 2.82. The Labute approximate surface area is 209 Å². The van der Waals surface area contributed by atoms with Crippen LogP contribution < -0.4 is 11.1 Å². The van der Waals surface area contributed by atoms with Gasteiger partial charge in [-0.2, -0.15) is 0 Å². The number of fused-ring (bicyclic) bond motifs is 4. The molecule has 8 nitrogen and oxygen atoms in total. The first kappa shape index (κ1) is 25.5. The highest BCUT2D eigenvalue weighted by Crippen LogP contribution is 2.37. The van der Waals surface area contributed by atoms with Crippen LogP contribution in [0.25, 0.3) is 0 Å². The zero-order chi connectivity index (χ0) is 25.1. The molecule has 1 aromatic heterocycles. The zero-order valence-corrected chi connectivity index (χ0v) is 21.4. The van der Waals surface area contributed by atoms with Gasteiger partial charge in [0.15, 0.2) is 0 Å². The number of nitrogen functional groups attached to an aromatic ring is 1. The van der Waals surface area contributed by atoms with Crippen LogP contribution in [-0.4, -0.2) is 64.2 Å². The molecule has 3 aliphatic heterocycles. The maximum atomic E-state index is 13.5. The van der Waals surface area contributed by atoms with Crippen LogP contribution >= 0.6 is 0 Å². The topological polar surface area (TPSA) is 109 Å². The number of likely N-dealkylation sites (tertiary alicyclic amines) is 1. The summed E-state index contributed by atoms with van der Waals surface area (Å²) in [5.41, 5.74) is 6.24. The van der Waals surface area contributed by atoms with Crippen molar-refractivity contribution in [2.45, 2.75) is 77.8 Å². The van der Waals surface area contributed by atoms with E-state index < -0.39 is 0 Å². The standard InChI is InChI=1S/C27H41N5O3/c1-17(2)22-9-7-18(3)11-26(34)32-15-19-12-21(23(32)5-4-6-25(33)30-22)16-31(14-19)27(35)20-8-10-24(28)29-13-20/h8,10,13,17-19,21-23H,4-7,9,11-12,14-16H2,1-3H3,(H2,28,29)(H,30,33)/t18-,19+,21+,22+,23+/m1/s1. The molecule has 0 unspecified atom stereocenters. The van der Waals surface area contributed by atoms with E-state index in [4.69, 9.17) is 5.73 Å². The number of piperidine rings is 2. The Morgan fingerprint density at radius 2 is 1.94 bits per heavy atom. The molecule has 3 fully saturated rings. The highest BCUT2D eigenvalue weighted by Gasteiger charge is 2.43. The zero-order valence-electron chi connectivity index (χ0n) is 21.4. The summed E-state index contributed by atoms with van der Waals surface area (Å²) in [6.07, 6.45) is 6.97. The number of nitrogens with two attached hydrogens (primary N) is 1. The Morgan fingerprint density at radius 1 is 1.14 bits per heavy atom. The fourth-order valence-electron chi connectivity index (χ4n) is 6.19. The van der Waals surface area contributed by atoms with E-state index in [0.717, 1.165) is 32.1 Å². The van der Waals surface area contributed by atoms with Crippen molar-refractivity contribution in [3.63, 3.8) is 0 Å². The quantitative estimate of drug-likeness (QED) is 0.672. The fourth-order valence-corrected chi connectivity index (χ4v) is 6.19. The number of carbonyl (C=O) groups is 3.